The number of nitrogens with zero attached hydrogens (tertiary/aromatic N) is 3. The zero-order chi connectivity index (χ0) is 21.3. The lowest BCUT2D eigenvalue weighted by molar-refractivity contribution is -0.131. The van der Waals surface area contributed by atoms with Crippen LogP contribution in [0.2, 0.25) is 0 Å². The summed E-state index contributed by atoms with van der Waals surface area (Å²) in [6, 6.07) is 10.7. The lowest BCUT2D eigenvalue weighted by Crippen LogP contribution is -2.32. The summed E-state index contributed by atoms with van der Waals surface area (Å²) >= 11 is 0. The molecule has 2 aliphatic carbocycles. The van der Waals surface area contributed by atoms with Gasteiger partial charge >= 0.3 is 0 Å². The average molecular weight is 415 g/mol. The first-order valence-electron chi connectivity index (χ1n) is 10.6. The maximum absolute atomic E-state index is 13.0. The monoisotopic (exact) mass is 415 g/mol. The number of carbonyl (C=O) groups excluding carboxylic acids is 3. The highest BCUT2D eigenvalue weighted by atomic mass is 16.3. The first-order chi connectivity index (χ1) is 15.0. The third kappa shape index (κ3) is 2.59. The van der Waals surface area contributed by atoms with E-state index in [4.69, 9.17) is 4.42 Å². The van der Waals surface area contributed by atoms with Crippen LogP contribution in [0.15, 0.2) is 64.3 Å². The first kappa shape index (κ1) is 18.3. The number of amides is 3. The molecule has 1 aromatic carbocycles. The number of allylic oxidation sites excluding steroid dienone is 2. The van der Waals surface area contributed by atoms with Gasteiger partial charge in [-0.3, -0.25) is 19.3 Å². The Balaban J connectivity index is 1.26. The van der Waals surface area contributed by atoms with Gasteiger partial charge in [-0.15, -0.1) is 0 Å². The predicted molar refractivity (Wildman–Crippen MR) is 112 cm³/mol. The number of carbonyl (C=O) groups is 3. The van der Waals surface area contributed by atoms with Crippen LogP contribution in [0, 0.1) is 23.7 Å². The fourth-order valence-corrected chi connectivity index (χ4v) is 5.64. The first-order valence-corrected chi connectivity index (χ1v) is 10.6. The Bertz CT molecular complexity index is 1120. The molecule has 3 heterocycles. The Kier molecular flexibility index (Phi) is 3.84. The molecule has 0 N–H and O–H groups in total. The van der Waals surface area contributed by atoms with E-state index >= 15 is 0 Å². The molecule has 5 atom stereocenters. The zero-order valence-corrected chi connectivity index (χ0v) is 17.0. The van der Waals surface area contributed by atoms with Crippen molar-refractivity contribution in [2.24, 2.45) is 28.8 Å². The normalized spacial score (nSPS) is 31.0. The summed E-state index contributed by atoms with van der Waals surface area (Å²) in [5, 5.41) is 5.96. The van der Waals surface area contributed by atoms with E-state index in [-0.39, 0.29) is 47.4 Å². The van der Waals surface area contributed by atoms with Crippen molar-refractivity contribution in [3.05, 3.63) is 66.1 Å². The maximum atomic E-state index is 13.0. The van der Waals surface area contributed by atoms with E-state index < -0.39 is 0 Å². The smallest absolute Gasteiger partial charge is 0.240 e. The van der Waals surface area contributed by atoms with Gasteiger partial charge in [-0.05, 0) is 48.1 Å². The molecule has 2 bridgehead atoms. The molecule has 2 aromatic rings. The highest BCUT2D eigenvalue weighted by molar-refractivity contribution is 6.23. The average Bonchev–Trinajstić information content (AvgIpc) is 3.57. The molecule has 4 aliphatic rings. The van der Waals surface area contributed by atoms with E-state index in [0.717, 1.165) is 17.7 Å². The topological polar surface area (TPSA) is 83.2 Å². The third-order valence-electron chi connectivity index (χ3n) is 7.03. The van der Waals surface area contributed by atoms with E-state index in [1.54, 1.807) is 24.5 Å². The van der Waals surface area contributed by atoms with Crippen molar-refractivity contribution in [2.45, 2.75) is 25.8 Å². The number of hydrogen-bond donors (Lipinski definition) is 0. The standard InChI is InChI=1S/C24H21N3O4/c1-13(28)27-19(20-3-2-10-31-20)12-18(25-27)14-6-8-17(9-7-14)26-23(29)21-15-4-5-16(11-15)22(21)24(26)30/h2-10,15-16,19,21-22H,11-12H2,1H3/t15-,16+,19?,21-,22+. The lowest BCUT2D eigenvalue weighted by atomic mass is 9.85. The fraction of sp³-hybridized carbons (Fsp3) is 0.333. The molecule has 1 saturated heterocycles. The summed E-state index contributed by atoms with van der Waals surface area (Å²) < 4.78 is 5.50. The van der Waals surface area contributed by atoms with Crippen LogP contribution < -0.4 is 4.90 Å². The SMILES string of the molecule is CC(=O)N1N=C(c2ccc(N3C(=O)[C@@H]4[C@H](C3=O)[C@@H]3C=C[C@H]4C3)cc2)CC1c1ccco1. The van der Waals surface area contributed by atoms with E-state index in [2.05, 4.69) is 17.3 Å². The summed E-state index contributed by atoms with van der Waals surface area (Å²) in [6.45, 7) is 1.48. The molecule has 2 aliphatic heterocycles. The minimum Gasteiger partial charge on any atom is -0.467 e. The number of rotatable bonds is 3. The van der Waals surface area contributed by atoms with Crippen LogP contribution >= 0.6 is 0 Å². The molecule has 2 fully saturated rings. The molecule has 156 valence electrons. The number of imide groups is 1. The van der Waals surface area contributed by atoms with E-state index in [1.165, 1.54) is 16.8 Å². The summed E-state index contributed by atoms with van der Waals surface area (Å²) in [7, 11) is 0. The van der Waals surface area contributed by atoms with Crippen LogP contribution in [0.4, 0.5) is 5.69 Å². The largest absolute Gasteiger partial charge is 0.467 e. The number of hydrazone groups is 1. The number of fused-ring (bicyclic) bond motifs is 5. The van der Waals surface area contributed by atoms with Crippen LogP contribution in [0.3, 0.4) is 0 Å². The molecule has 1 aromatic heterocycles. The molecule has 1 saturated carbocycles. The van der Waals surface area contributed by atoms with Crippen LogP contribution in [-0.4, -0.2) is 28.4 Å². The fourth-order valence-electron chi connectivity index (χ4n) is 5.64. The number of hydrogen-bond acceptors (Lipinski definition) is 5. The quantitative estimate of drug-likeness (QED) is 0.569. The molecule has 6 rings (SSSR count). The van der Waals surface area contributed by atoms with Gasteiger partial charge in [-0.25, -0.2) is 5.01 Å². The Labute approximate surface area is 179 Å². The van der Waals surface area contributed by atoms with Gasteiger partial charge in [0.1, 0.15) is 11.8 Å². The molecule has 3 amide bonds. The molecule has 7 nitrogen and oxygen atoms in total. The molecule has 7 heteroatoms. The van der Waals surface area contributed by atoms with Crippen molar-refractivity contribution in [1.29, 1.82) is 0 Å². The van der Waals surface area contributed by atoms with Crippen molar-refractivity contribution < 1.29 is 18.8 Å². The van der Waals surface area contributed by atoms with Gasteiger partial charge in [0.25, 0.3) is 0 Å². The van der Waals surface area contributed by atoms with Gasteiger partial charge in [0.05, 0.1) is 29.5 Å². The highest BCUT2D eigenvalue weighted by Crippen LogP contribution is 2.53. The van der Waals surface area contributed by atoms with Gasteiger partial charge in [0.2, 0.25) is 17.7 Å². The maximum Gasteiger partial charge on any atom is 0.240 e. The summed E-state index contributed by atoms with van der Waals surface area (Å²) in [6.07, 6.45) is 7.23. The summed E-state index contributed by atoms with van der Waals surface area (Å²) in [4.78, 5) is 39.5. The van der Waals surface area contributed by atoms with Crippen LogP contribution in [-0.2, 0) is 14.4 Å². The van der Waals surface area contributed by atoms with Gasteiger partial charge in [-0.1, -0.05) is 24.3 Å². The Morgan fingerprint density at radius 3 is 2.29 bits per heavy atom. The summed E-state index contributed by atoms with van der Waals surface area (Å²) in [5.74, 6) is 0.333. The molecule has 31 heavy (non-hydrogen) atoms. The Morgan fingerprint density at radius 1 is 1.03 bits per heavy atom. The third-order valence-corrected chi connectivity index (χ3v) is 7.03. The Hall–Kier alpha value is -3.48. The van der Waals surface area contributed by atoms with Crippen LogP contribution in [0.5, 0.6) is 0 Å². The number of furan rings is 1. The number of anilines is 1. The second kappa shape index (κ2) is 6.51. The van der Waals surface area contributed by atoms with Crippen molar-refractivity contribution in [1.82, 2.24) is 5.01 Å². The highest BCUT2D eigenvalue weighted by Gasteiger charge is 2.59. The van der Waals surface area contributed by atoms with Gasteiger partial charge in [0.15, 0.2) is 0 Å². The van der Waals surface area contributed by atoms with Crippen molar-refractivity contribution in [3.8, 4) is 0 Å². The molecule has 1 unspecified atom stereocenters. The molecular formula is C24H21N3O4. The van der Waals surface area contributed by atoms with Crippen LogP contribution in [0.1, 0.15) is 37.1 Å². The van der Waals surface area contributed by atoms with Crippen molar-refractivity contribution >= 4 is 29.1 Å². The van der Waals surface area contributed by atoms with Gasteiger partial charge in [0, 0.05) is 13.3 Å². The minimum atomic E-state index is -0.272. The van der Waals surface area contributed by atoms with E-state index in [9.17, 15) is 14.4 Å². The van der Waals surface area contributed by atoms with Gasteiger partial charge in [-0.2, -0.15) is 5.10 Å². The molecule has 0 spiro atoms. The predicted octanol–water partition coefficient (Wildman–Crippen LogP) is 3.29. The molecule has 0 radical (unpaired) electrons. The van der Waals surface area contributed by atoms with Gasteiger partial charge < -0.3 is 4.42 Å². The second-order valence-corrected chi connectivity index (χ2v) is 8.70. The molecular weight excluding hydrogens is 394 g/mol. The van der Waals surface area contributed by atoms with Crippen molar-refractivity contribution in [3.63, 3.8) is 0 Å². The Morgan fingerprint density at radius 2 is 1.71 bits per heavy atom. The number of benzene rings is 1. The van der Waals surface area contributed by atoms with Crippen LogP contribution in [0.25, 0.3) is 0 Å². The second-order valence-electron chi connectivity index (χ2n) is 8.70. The minimum absolute atomic E-state index is 0.0848. The lowest BCUT2D eigenvalue weighted by Gasteiger charge is -2.17. The van der Waals surface area contributed by atoms with E-state index in [1.807, 2.05) is 18.2 Å². The van der Waals surface area contributed by atoms with Crippen molar-refractivity contribution in [2.75, 3.05) is 4.90 Å². The zero-order valence-electron chi connectivity index (χ0n) is 17.0. The van der Waals surface area contributed by atoms with E-state index in [0.29, 0.717) is 17.9 Å². The summed E-state index contributed by atoms with van der Waals surface area (Å²) in [5.41, 5.74) is 2.21.